The van der Waals surface area contributed by atoms with Crippen LogP contribution in [0.3, 0.4) is 0 Å². The van der Waals surface area contributed by atoms with Gasteiger partial charge in [-0.3, -0.25) is 4.79 Å². The summed E-state index contributed by atoms with van der Waals surface area (Å²) in [6.07, 6.45) is 1.55. The quantitative estimate of drug-likeness (QED) is 0.399. The van der Waals surface area contributed by atoms with Crippen molar-refractivity contribution in [1.82, 2.24) is 5.43 Å². The van der Waals surface area contributed by atoms with Gasteiger partial charge in [-0.05, 0) is 63.7 Å². The molecule has 0 bridgehead atoms. The summed E-state index contributed by atoms with van der Waals surface area (Å²) in [5, 5.41) is 4.58. The second kappa shape index (κ2) is 9.53. The highest BCUT2D eigenvalue weighted by Gasteiger charge is 2.17. The van der Waals surface area contributed by atoms with Gasteiger partial charge in [-0.25, -0.2) is 5.43 Å². The summed E-state index contributed by atoms with van der Waals surface area (Å²) in [7, 11) is 0. The molecule has 0 aromatic heterocycles. The lowest BCUT2D eigenvalue weighted by molar-refractivity contribution is -0.123. The van der Waals surface area contributed by atoms with E-state index in [0.717, 1.165) is 25.6 Å². The average Bonchev–Trinajstić information content (AvgIpc) is 2.60. The normalized spacial score (nSPS) is 11.2. The van der Waals surface area contributed by atoms with Gasteiger partial charge in [0.15, 0.2) is 6.61 Å². The van der Waals surface area contributed by atoms with Crippen molar-refractivity contribution in [2.75, 3.05) is 6.61 Å². The maximum Gasteiger partial charge on any atom is 0.277 e. The van der Waals surface area contributed by atoms with Crippen molar-refractivity contribution >= 4 is 55.6 Å². The highest BCUT2D eigenvalue weighted by Crippen LogP contribution is 2.40. The number of carbonyl (C=O) groups is 1. The SMILES string of the molecule is Cc1c(Br)cc(C(C)C)c(OCC(=O)NN=Cc2ccc(Cl)cc2)c1Br. The molecule has 0 unspecified atom stereocenters. The lowest BCUT2D eigenvalue weighted by Gasteiger charge is -2.18. The van der Waals surface area contributed by atoms with Gasteiger partial charge in [0.1, 0.15) is 5.75 Å². The smallest absolute Gasteiger partial charge is 0.277 e. The fourth-order valence-electron chi connectivity index (χ4n) is 2.19. The summed E-state index contributed by atoms with van der Waals surface area (Å²) in [6, 6.07) is 9.16. The number of nitrogens with zero attached hydrogens (tertiary/aromatic N) is 1. The van der Waals surface area contributed by atoms with E-state index >= 15 is 0 Å². The van der Waals surface area contributed by atoms with E-state index in [2.05, 4.69) is 56.2 Å². The molecule has 0 heterocycles. The van der Waals surface area contributed by atoms with E-state index in [0.29, 0.717) is 10.8 Å². The van der Waals surface area contributed by atoms with Crippen LogP contribution in [0, 0.1) is 6.92 Å². The minimum Gasteiger partial charge on any atom is -0.482 e. The number of hydrogen-bond acceptors (Lipinski definition) is 3. The van der Waals surface area contributed by atoms with Gasteiger partial charge in [0, 0.05) is 9.50 Å². The Balaban J connectivity index is 2.01. The highest BCUT2D eigenvalue weighted by atomic mass is 79.9. The van der Waals surface area contributed by atoms with Gasteiger partial charge in [0.05, 0.1) is 10.7 Å². The Morgan fingerprint density at radius 1 is 1.31 bits per heavy atom. The summed E-state index contributed by atoms with van der Waals surface area (Å²) in [5.74, 6) is 0.596. The van der Waals surface area contributed by atoms with Crippen LogP contribution in [-0.2, 0) is 4.79 Å². The van der Waals surface area contributed by atoms with Crippen LogP contribution >= 0.6 is 43.5 Å². The van der Waals surface area contributed by atoms with Crippen LogP contribution in [-0.4, -0.2) is 18.7 Å². The number of carbonyl (C=O) groups excluding carboxylic acids is 1. The minimum atomic E-state index is -0.336. The number of halogens is 3. The van der Waals surface area contributed by atoms with E-state index in [-0.39, 0.29) is 18.4 Å². The average molecular weight is 503 g/mol. The molecule has 2 rings (SSSR count). The summed E-state index contributed by atoms with van der Waals surface area (Å²) < 4.78 is 7.61. The number of hydrogen-bond donors (Lipinski definition) is 1. The van der Waals surface area contributed by atoms with Gasteiger partial charge in [-0.1, -0.05) is 53.5 Å². The van der Waals surface area contributed by atoms with Gasteiger partial charge in [0.2, 0.25) is 0 Å². The number of benzene rings is 2. The first-order valence-corrected chi connectivity index (χ1v) is 9.94. The molecule has 1 N–H and O–H groups in total. The molecule has 4 nitrogen and oxygen atoms in total. The van der Waals surface area contributed by atoms with Gasteiger partial charge >= 0.3 is 0 Å². The lowest BCUT2D eigenvalue weighted by Crippen LogP contribution is -2.25. The predicted molar refractivity (Wildman–Crippen MR) is 113 cm³/mol. The molecule has 0 aliphatic carbocycles. The third-order valence-electron chi connectivity index (χ3n) is 3.67. The van der Waals surface area contributed by atoms with Gasteiger partial charge < -0.3 is 4.74 Å². The molecule has 2 aromatic carbocycles. The van der Waals surface area contributed by atoms with Crippen molar-refractivity contribution in [3.63, 3.8) is 0 Å². The first-order valence-electron chi connectivity index (χ1n) is 7.98. The Kier molecular flexibility index (Phi) is 7.68. The van der Waals surface area contributed by atoms with Crippen LogP contribution in [0.25, 0.3) is 0 Å². The predicted octanol–water partition coefficient (Wildman–Crippen LogP) is 5.83. The Labute approximate surface area is 175 Å². The van der Waals surface area contributed by atoms with Crippen molar-refractivity contribution < 1.29 is 9.53 Å². The second-order valence-electron chi connectivity index (χ2n) is 6.00. The Bertz CT molecular complexity index is 821. The summed E-state index contributed by atoms with van der Waals surface area (Å²) in [4.78, 5) is 12.0. The molecule has 0 aliphatic heterocycles. The largest absolute Gasteiger partial charge is 0.482 e. The molecule has 2 aromatic rings. The van der Waals surface area contributed by atoms with E-state index < -0.39 is 0 Å². The standard InChI is InChI=1S/C19H19Br2ClN2O2/c1-11(2)15-8-16(20)12(3)18(21)19(15)26-10-17(25)24-23-9-13-4-6-14(22)7-5-13/h4-9,11H,10H2,1-3H3,(H,24,25). The summed E-state index contributed by atoms with van der Waals surface area (Å²) in [6.45, 7) is 6.00. The van der Waals surface area contributed by atoms with Crippen LogP contribution in [0.1, 0.15) is 36.5 Å². The van der Waals surface area contributed by atoms with E-state index in [1.165, 1.54) is 0 Å². The first-order chi connectivity index (χ1) is 12.3. The molecule has 1 amide bonds. The molecule has 26 heavy (non-hydrogen) atoms. The summed E-state index contributed by atoms with van der Waals surface area (Å²) in [5.41, 5.74) is 5.33. The zero-order chi connectivity index (χ0) is 19.3. The second-order valence-corrected chi connectivity index (χ2v) is 8.09. The van der Waals surface area contributed by atoms with Crippen molar-refractivity contribution in [1.29, 1.82) is 0 Å². The fraction of sp³-hybridized carbons (Fsp3) is 0.263. The van der Waals surface area contributed by atoms with E-state index in [4.69, 9.17) is 16.3 Å². The van der Waals surface area contributed by atoms with Gasteiger partial charge in [0.25, 0.3) is 5.91 Å². The van der Waals surface area contributed by atoms with Crippen LogP contribution in [0.4, 0.5) is 0 Å². The first kappa shape index (κ1) is 20.9. The molecule has 0 radical (unpaired) electrons. The molecule has 0 fully saturated rings. The monoisotopic (exact) mass is 500 g/mol. The number of amides is 1. The number of rotatable bonds is 6. The fourth-order valence-corrected chi connectivity index (χ4v) is 3.58. The highest BCUT2D eigenvalue weighted by molar-refractivity contribution is 9.11. The third-order valence-corrected chi connectivity index (χ3v) is 5.70. The molecular weight excluding hydrogens is 483 g/mol. The van der Waals surface area contributed by atoms with Crippen LogP contribution in [0.2, 0.25) is 5.02 Å². The van der Waals surface area contributed by atoms with E-state index in [1.54, 1.807) is 18.3 Å². The number of hydrazone groups is 1. The molecule has 0 atom stereocenters. The molecule has 0 saturated carbocycles. The Morgan fingerprint density at radius 3 is 2.58 bits per heavy atom. The van der Waals surface area contributed by atoms with E-state index in [1.807, 2.05) is 25.1 Å². The maximum atomic E-state index is 12.0. The topological polar surface area (TPSA) is 50.7 Å². The Hall–Kier alpha value is -1.37. The minimum absolute atomic E-state index is 0.128. The number of ether oxygens (including phenoxy) is 1. The van der Waals surface area contributed by atoms with Gasteiger partial charge in [-0.15, -0.1) is 0 Å². The molecule has 138 valence electrons. The zero-order valence-corrected chi connectivity index (χ0v) is 18.6. The van der Waals surface area contributed by atoms with Crippen molar-refractivity contribution in [2.45, 2.75) is 26.7 Å². The van der Waals surface area contributed by atoms with Crippen molar-refractivity contribution in [3.05, 3.63) is 61.0 Å². The molecular formula is C19H19Br2ClN2O2. The number of nitrogens with one attached hydrogen (secondary N) is 1. The van der Waals surface area contributed by atoms with Crippen LogP contribution in [0.15, 0.2) is 44.4 Å². The molecule has 0 spiro atoms. The molecule has 7 heteroatoms. The molecule has 0 saturated heterocycles. The Morgan fingerprint density at radius 2 is 1.96 bits per heavy atom. The third kappa shape index (κ3) is 5.56. The lowest BCUT2D eigenvalue weighted by atomic mass is 10.0. The summed E-state index contributed by atoms with van der Waals surface area (Å²) >= 11 is 12.9. The van der Waals surface area contributed by atoms with Crippen LogP contribution < -0.4 is 10.2 Å². The van der Waals surface area contributed by atoms with Crippen molar-refractivity contribution in [3.8, 4) is 5.75 Å². The maximum absolute atomic E-state index is 12.0. The zero-order valence-electron chi connectivity index (χ0n) is 14.6. The van der Waals surface area contributed by atoms with Gasteiger partial charge in [-0.2, -0.15) is 5.10 Å². The van der Waals surface area contributed by atoms with E-state index in [9.17, 15) is 4.79 Å². The molecule has 0 aliphatic rings. The van der Waals surface area contributed by atoms with Crippen molar-refractivity contribution in [2.24, 2.45) is 5.10 Å². The van der Waals surface area contributed by atoms with Crippen LogP contribution in [0.5, 0.6) is 5.75 Å².